The van der Waals surface area contributed by atoms with Crippen molar-refractivity contribution in [1.29, 1.82) is 0 Å². The lowest BCUT2D eigenvalue weighted by Crippen LogP contribution is -3.00. The molecule has 2 atom stereocenters. The van der Waals surface area contributed by atoms with Crippen LogP contribution in [0.5, 0.6) is 0 Å². The molecule has 0 radical (unpaired) electrons. The van der Waals surface area contributed by atoms with Crippen molar-refractivity contribution in [3.05, 3.63) is 0 Å². The van der Waals surface area contributed by atoms with Crippen molar-refractivity contribution >= 4 is 0 Å². The van der Waals surface area contributed by atoms with Gasteiger partial charge in [-0.1, -0.05) is 6.92 Å². The average molecular weight is 269 g/mol. The van der Waals surface area contributed by atoms with Crippen molar-refractivity contribution in [2.75, 3.05) is 20.1 Å². The fraction of sp³-hybridized carbons (Fsp3) is 1.00. The summed E-state index contributed by atoms with van der Waals surface area (Å²) < 4.78 is 1.33. The van der Waals surface area contributed by atoms with Crippen LogP contribution in [0.4, 0.5) is 0 Å². The maximum absolute atomic E-state index is 2.40. The lowest BCUT2D eigenvalue weighted by molar-refractivity contribution is -0.919. The molecule has 0 N–H and O–H groups in total. The van der Waals surface area contributed by atoms with Crippen LogP contribution in [-0.4, -0.2) is 30.7 Å². The molecule has 1 aliphatic rings. The van der Waals surface area contributed by atoms with E-state index in [1.54, 1.807) is 0 Å². The number of hydrogen-bond acceptors (Lipinski definition) is 0. The van der Waals surface area contributed by atoms with E-state index in [1.807, 2.05) is 0 Å². The van der Waals surface area contributed by atoms with Crippen LogP contribution in [0.25, 0.3) is 0 Å². The zero-order valence-electron chi connectivity index (χ0n) is 7.94. The Bertz CT molecular complexity index is 116. The molecule has 1 aliphatic heterocycles. The molecule has 0 aromatic rings. The Labute approximate surface area is 87.8 Å². The second-order valence-electron chi connectivity index (χ2n) is 3.72. The second kappa shape index (κ2) is 4.65. The van der Waals surface area contributed by atoms with Crippen molar-refractivity contribution in [2.45, 2.75) is 39.2 Å². The van der Waals surface area contributed by atoms with E-state index >= 15 is 0 Å². The molecule has 0 aromatic carbocycles. The number of nitrogens with zero attached hydrogens (tertiary/aromatic N) is 1. The zero-order valence-corrected chi connectivity index (χ0v) is 10.1. The van der Waals surface area contributed by atoms with Crippen LogP contribution in [0.1, 0.15) is 33.1 Å². The molecule has 0 saturated carbocycles. The predicted molar refractivity (Wildman–Crippen MR) is 44.9 cm³/mol. The minimum atomic E-state index is 0. The van der Waals surface area contributed by atoms with Gasteiger partial charge in [-0.25, -0.2) is 0 Å². The summed E-state index contributed by atoms with van der Waals surface area (Å²) in [7, 11) is 2.40. The quantitative estimate of drug-likeness (QED) is 0.447. The smallest absolute Gasteiger partial charge is 0.0887 e. The molecule has 68 valence electrons. The van der Waals surface area contributed by atoms with E-state index in [9.17, 15) is 0 Å². The molecule has 1 rings (SSSR count). The lowest BCUT2D eigenvalue weighted by atomic mass is 10.1. The standard InChI is InChI=1S/C9H20N.HI/c1-4-9-7-6-8-10(9,3)5-2;/h9H,4-8H2,1-3H3;1H/q+1;/p-1. The number of rotatable bonds is 2. The number of quaternary nitrogens is 1. The maximum Gasteiger partial charge on any atom is 0.0887 e. The topological polar surface area (TPSA) is 0 Å². The van der Waals surface area contributed by atoms with Crippen molar-refractivity contribution in [3.8, 4) is 0 Å². The summed E-state index contributed by atoms with van der Waals surface area (Å²) in [6.07, 6.45) is 4.27. The summed E-state index contributed by atoms with van der Waals surface area (Å²) in [5.74, 6) is 0. The number of hydrogen-bond donors (Lipinski definition) is 0. The van der Waals surface area contributed by atoms with Crippen LogP contribution in [0, 0.1) is 0 Å². The van der Waals surface area contributed by atoms with E-state index in [1.165, 1.54) is 36.8 Å². The fourth-order valence-corrected chi connectivity index (χ4v) is 2.24. The first kappa shape index (κ1) is 11.7. The number of halogens is 1. The van der Waals surface area contributed by atoms with Gasteiger partial charge < -0.3 is 28.5 Å². The Hall–Kier alpha value is 0.690. The highest BCUT2D eigenvalue weighted by atomic mass is 127. The summed E-state index contributed by atoms with van der Waals surface area (Å²) in [5, 5.41) is 0. The lowest BCUT2D eigenvalue weighted by Gasteiger charge is -2.34. The third-order valence-corrected chi connectivity index (χ3v) is 3.28. The molecule has 0 bridgehead atoms. The largest absolute Gasteiger partial charge is 1.00 e. The van der Waals surface area contributed by atoms with Gasteiger partial charge in [0.05, 0.1) is 26.2 Å². The molecule has 0 aromatic heterocycles. The average Bonchev–Trinajstić information content (AvgIpc) is 2.32. The second-order valence-corrected chi connectivity index (χ2v) is 3.72. The van der Waals surface area contributed by atoms with Crippen molar-refractivity contribution in [3.63, 3.8) is 0 Å². The molecule has 2 heteroatoms. The molecule has 1 nitrogen and oxygen atoms in total. The first-order valence-electron chi connectivity index (χ1n) is 4.57. The van der Waals surface area contributed by atoms with Gasteiger partial charge in [0.25, 0.3) is 0 Å². The maximum atomic E-state index is 2.40. The van der Waals surface area contributed by atoms with Gasteiger partial charge in [0.15, 0.2) is 0 Å². The molecule has 1 heterocycles. The Balaban J connectivity index is 0.000001000. The van der Waals surface area contributed by atoms with Gasteiger partial charge in [-0.05, 0) is 13.3 Å². The Morgan fingerprint density at radius 2 is 2.00 bits per heavy atom. The first-order chi connectivity index (χ1) is 4.73. The molecule has 1 fully saturated rings. The van der Waals surface area contributed by atoms with Crippen LogP contribution in [0.3, 0.4) is 0 Å². The highest BCUT2D eigenvalue weighted by Crippen LogP contribution is 2.26. The van der Waals surface area contributed by atoms with Crippen LogP contribution in [0.15, 0.2) is 0 Å². The van der Waals surface area contributed by atoms with Crippen LogP contribution >= 0.6 is 0 Å². The highest BCUT2D eigenvalue weighted by molar-refractivity contribution is 4.64. The van der Waals surface area contributed by atoms with Gasteiger partial charge in [-0.15, -0.1) is 0 Å². The summed E-state index contributed by atoms with van der Waals surface area (Å²) in [5.41, 5.74) is 0. The van der Waals surface area contributed by atoms with E-state index in [0.717, 1.165) is 6.04 Å². The summed E-state index contributed by atoms with van der Waals surface area (Å²) >= 11 is 0. The molecule has 11 heavy (non-hydrogen) atoms. The SMILES string of the molecule is CCC1CCC[N+]1(C)CC.[I-]. The molecular weight excluding hydrogens is 249 g/mol. The van der Waals surface area contributed by atoms with Crippen molar-refractivity contribution in [2.24, 2.45) is 0 Å². The first-order valence-corrected chi connectivity index (χ1v) is 4.57. The normalized spacial score (nSPS) is 36.8. The van der Waals surface area contributed by atoms with E-state index in [-0.39, 0.29) is 24.0 Å². The third-order valence-electron chi connectivity index (χ3n) is 3.28. The van der Waals surface area contributed by atoms with Crippen molar-refractivity contribution < 1.29 is 28.5 Å². The minimum absolute atomic E-state index is 0. The summed E-state index contributed by atoms with van der Waals surface area (Å²) in [4.78, 5) is 0. The van der Waals surface area contributed by atoms with Gasteiger partial charge in [-0.3, -0.25) is 0 Å². The Morgan fingerprint density at radius 1 is 1.36 bits per heavy atom. The van der Waals surface area contributed by atoms with E-state index in [0.29, 0.717) is 0 Å². The van der Waals surface area contributed by atoms with E-state index < -0.39 is 0 Å². The van der Waals surface area contributed by atoms with Gasteiger partial charge in [0.1, 0.15) is 0 Å². The van der Waals surface area contributed by atoms with Crippen LogP contribution in [-0.2, 0) is 0 Å². The fourth-order valence-electron chi connectivity index (χ4n) is 2.24. The molecular formula is C9H20IN. The van der Waals surface area contributed by atoms with Crippen LogP contribution < -0.4 is 24.0 Å². The van der Waals surface area contributed by atoms with Gasteiger partial charge in [0.2, 0.25) is 0 Å². The van der Waals surface area contributed by atoms with Crippen LogP contribution in [0.2, 0.25) is 0 Å². The molecule has 0 amide bonds. The third kappa shape index (κ3) is 2.31. The van der Waals surface area contributed by atoms with Gasteiger partial charge >= 0.3 is 0 Å². The molecule has 0 aliphatic carbocycles. The van der Waals surface area contributed by atoms with E-state index in [4.69, 9.17) is 0 Å². The molecule has 1 saturated heterocycles. The minimum Gasteiger partial charge on any atom is -1.00 e. The van der Waals surface area contributed by atoms with E-state index in [2.05, 4.69) is 20.9 Å². The summed E-state index contributed by atoms with van der Waals surface area (Å²) in [6, 6.07) is 0.963. The van der Waals surface area contributed by atoms with Crippen molar-refractivity contribution in [1.82, 2.24) is 0 Å². The predicted octanol–water partition coefficient (Wildman–Crippen LogP) is -0.971. The molecule has 0 spiro atoms. The monoisotopic (exact) mass is 269 g/mol. The Kier molecular flexibility index (Phi) is 4.94. The van der Waals surface area contributed by atoms with Gasteiger partial charge in [0, 0.05) is 12.8 Å². The highest BCUT2D eigenvalue weighted by Gasteiger charge is 2.34. The molecule has 2 unspecified atom stereocenters. The van der Waals surface area contributed by atoms with Gasteiger partial charge in [-0.2, -0.15) is 0 Å². The number of likely N-dealkylation sites (tertiary alicyclic amines) is 1. The Morgan fingerprint density at radius 3 is 2.36 bits per heavy atom. The zero-order chi connectivity index (χ0) is 7.61. The summed E-state index contributed by atoms with van der Waals surface area (Å²) in [6.45, 7) is 7.36.